The zero-order valence-corrected chi connectivity index (χ0v) is 4.74. The fraction of sp³-hybridized carbons (Fsp3) is 0.500. The van der Waals surface area contributed by atoms with Crippen molar-refractivity contribution >= 4 is 17.3 Å². The highest BCUT2D eigenvalue weighted by Gasteiger charge is 1.80. The molecule has 0 aromatic rings. The van der Waals surface area contributed by atoms with Gasteiger partial charge in [-0.3, -0.25) is 0 Å². The van der Waals surface area contributed by atoms with Crippen molar-refractivity contribution in [2.24, 2.45) is 4.99 Å². The lowest BCUT2D eigenvalue weighted by Crippen LogP contribution is -1.88. The second kappa shape index (κ2) is 3.63. The van der Waals surface area contributed by atoms with Crippen LogP contribution in [-0.4, -0.2) is 11.6 Å². The van der Waals surface area contributed by atoms with Gasteiger partial charge < -0.3 is 0 Å². The maximum atomic E-state index is 7.87. The van der Waals surface area contributed by atoms with E-state index in [4.69, 9.17) is 16.9 Å². The summed E-state index contributed by atoms with van der Waals surface area (Å²) in [5.41, 5.74) is 0.657. The average Bonchev–Trinajstić information content (AvgIpc) is 1.68. The van der Waals surface area contributed by atoms with E-state index in [0.717, 1.165) is 0 Å². The molecule has 0 unspecified atom stereocenters. The molecule has 0 rings (SSSR count). The molecule has 0 aliphatic carbocycles. The minimum Gasteiger partial charge on any atom is -0.182 e. The van der Waals surface area contributed by atoms with Gasteiger partial charge in [0.1, 0.15) is 0 Å². The normalized spacial score (nSPS) is 10.7. The largest absolute Gasteiger partial charge is 0.205 e. The van der Waals surface area contributed by atoms with E-state index in [1.54, 1.807) is 13.1 Å². The predicted molar refractivity (Wildman–Crippen MR) is 29.4 cm³/mol. The number of nitriles is 1. The molecule has 0 fully saturated rings. The Bertz CT molecular complexity index is 111. The Morgan fingerprint density at radius 3 is 2.71 bits per heavy atom. The van der Waals surface area contributed by atoms with Crippen molar-refractivity contribution < 1.29 is 0 Å². The van der Waals surface area contributed by atoms with Crippen molar-refractivity contribution in [2.45, 2.75) is 6.92 Å². The lowest BCUT2D eigenvalue weighted by Gasteiger charge is -1.79. The highest BCUT2D eigenvalue weighted by atomic mass is 35.5. The Morgan fingerprint density at radius 2 is 2.57 bits per heavy atom. The first-order valence-corrected chi connectivity index (χ1v) is 2.33. The van der Waals surface area contributed by atoms with Gasteiger partial charge in [-0.2, -0.15) is 10.3 Å². The van der Waals surface area contributed by atoms with Gasteiger partial charge in [0.25, 0.3) is 0 Å². The van der Waals surface area contributed by atoms with E-state index in [-0.39, 0.29) is 0 Å². The molecule has 0 aromatic heterocycles. The van der Waals surface area contributed by atoms with Crippen LogP contribution in [-0.2, 0) is 0 Å². The monoisotopic (exact) mass is 116 g/mol. The Hall–Kier alpha value is -0.550. The van der Waals surface area contributed by atoms with Crippen molar-refractivity contribution in [3.05, 3.63) is 0 Å². The summed E-state index contributed by atoms with van der Waals surface area (Å²) < 4.78 is 0. The van der Waals surface area contributed by atoms with Gasteiger partial charge in [-0.1, -0.05) is 0 Å². The quantitative estimate of drug-likeness (QED) is 0.288. The van der Waals surface area contributed by atoms with Crippen LogP contribution in [0.4, 0.5) is 0 Å². The fourth-order valence-corrected chi connectivity index (χ4v) is 0.175. The van der Waals surface area contributed by atoms with Gasteiger partial charge in [-0.25, -0.2) is 0 Å². The van der Waals surface area contributed by atoms with Crippen molar-refractivity contribution in [3.63, 3.8) is 0 Å². The first-order chi connectivity index (χ1) is 3.31. The predicted octanol–water partition coefficient (Wildman–Crippen LogP) is 1.17. The Balaban J connectivity index is 3.56. The summed E-state index contributed by atoms with van der Waals surface area (Å²) in [5, 5.41) is 7.87. The molecule has 0 aromatic carbocycles. The van der Waals surface area contributed by atoms with Crippen molar-refractivity contribution in [3.8, 4) is 6.19 Å². The van der Waals surface area contributed by atoms with E-state index in [0.29, 0.717) is 11.6 Å². The number of hydrogen-bond donors (Lipinski definition) is 0. The summed E-state index contributed by atoms with van der Waals surface area (Å²) >= 11 is 5.25. The molecule has 2 nitrogen and oxygen atoms in total. The van der Waals surface area contributed by atoms with Crippen LogP contribution < -0.4 is 0 Å². The van der Waals surface area contributed by atoms with Gasteiger partial charge in [0.05, 0.1) is 5.88 Å². The zero-order valence-electron chi connectivity index (χ0n) is 3.98. The highest BCUT2D eigenvalue weighted by Crippen LogP contribution is 1.79. The summed E-state index contributed by atoms with van der Waals surface area (Å²) in [6.07, 6.45) is 1.62. The van der Waals surface area contributed by atoms with Crippen LogP contribution in [0.2, 0.25) is 0 Å². The first-order valence-electron chi connectivity index (χ1n) is 1.79. The standard InChI is InChI=1S/C4H5ClN2/c1-4(2-5)7-3-6/h2H2,1H3/b7-4-. The van der Waals surface area contributed by atoms with Crippen LogP contribution >= 0.6 is 11.6 Å². The molecule has 0 heterocycles. The number of halogens is 1. The molecule has 0 saturated heterocycles. The molecule has 0 aliphatic rings. The SMILES string of the molecule is C/C(CCl)=N/C#N. The topological polar surface area (TPSA) is 36.1 Å². The number of hydrogen-bond acceptors (Lipinski definition) is 2. The van der Waals surface area contributed by atoms with E-state index in [1.807, 2.05) is 0 Å². The van der Waals surface area contributed by atoms with Gasteiger partial charge in [0.2, 0.25) is 6.19 Å². The van der Waals surface area contributed by atoms with Gasteiger partial charge in [-0.05, 0) is 6.92 Å². The molecule has 0 amide bonds. The minimum atomic E-state index is 0.341. The smallest absolute Gasteiger partial charge is 0.182 e. The Labute approximate surface area is 47.4 Å². The zero-order chi connectivity index (χ0) is 5.70. The molecule has 0 aliphatic heterocycles. The summed E-state index contributed by atoms with van der Waals surface area (Å²) in [6, 6.07) is 0. The van der Waals surface area contributed by atoms with Crippen LogP contribution in [0.1, 0.15) is 6.92 Å². The van der Waals surface area contributed by atoms with E-state index in [1.165, 1.54) is 0 Å². The molecule has 38 valence electrons. The van der Waals surface area contributed by atoms with Crippen LogP contribution in [0.5, 0.6) is 0 Å². The van der Waals surface area contributed by atoms with E-state index >= 15 is 0 Å². The van der Waals surface area contributed by atoms with Crippen LogP contribution in [0.15, 0.2) is 4.99 Å². The maximum Gasteiger partial charge on any atom is 0.205 e. The second-order valence-electron chi connectivity index (χ2n) is 1.08. The van der Waals surface area contributed by atoms with Crippen molar-refractivity contribution in [2.75, 3.05) is 5.88 Å². The lowest BCUT2D eigenvalue weighted by molar-refractivity contribution is 1.42. The van der Waals surface area contributed by atoms with Crippen LogP contribution in [0.3, 0.4) is 0 Å². The number of rotatable bonds is 1. The van der Waals surface area contributed by atoms with E-state index in [2.05, 4.69) is 4.99 Å². The summed E-state index contributed by atoms with van der Waals surface area (Å²) in [4.78, 5) is 3.33. The Morgan fingerprint density at radius 1 is 2.00 bits per heavy atom. The molecule has 0 bridgehead atoms. The summed E-state index contributed by atoms with van der Waals surface area (Å²) in [5.74, 6) is 0.341. The second-order valence-corrected chi connectivity index (χ2v) is 1.35. The third-order valence-electron chi connectivity index (χ3n) is 0.434. The molecule has 0 saturated carbocycles. The third kappa shape index (κ3) is 3.28. The van der Waals surface area contributed by atoms with Crippen LogP contribution in [0.25, 0.3) is 0 Å². The van der Waals surface area contributed by atoms with Gasteiger partial charge in [0, 0.05) is 5.71 Å². The average molecular weight is 117 g/mol. The van der Waals surface area contributed by atoms with Crippen molar-refractivity contribution in [1.82, 2.24) is 0 Å². The lowest BCUT2D eigenvalue weighted by atomic mass is 10.5. The van der Waals surface area contributed by atoms with Gasteiger partial charge in [0.15, 0.2) is 0 Å². The molecule has 0 spiro atoms. The number of aliphatic imine (C=N–C) groups is 1. The minimum absolute atomic E-state index is 0.341. The number of alkyl halides is 1. The molecule has 3 heteroatoms. The van der Waals surface area contributed by atoms with Gasteiger partial charge in [-0.15, -0.1) is 11.6 Å². The van der Waals surface area contributed by atoms with E-state index < -0.39 is 0 Å². The molecule has 7 heavy (non-hydrogen) atoms. The first kappa shape index (κ1) is 6.45. The Kier molecular flexibility index (Phi) is 3.35. The molecule has 0 radical (unpaired) electrons. The summed E-state index contributed by atoms with van der Waals surface area (Å²) in [7, 11) is 0. The maximum absolute atomic E-state index is 7.87. The molecular weight excluding hydrogens is 112 g/mol. The van der Waals surface area contributed by atoms with Crippen LogP contribution in [0, 0.1) is 11.5 Å². The molecule has 0 atom stereocenters. The van der Waals surface area contributed by atoms with E-state index in [9.17, 15) is 0 Å². The number of nitrogens with zero attached hydrogens (tertiary/aromatic N) is 2. The van der Waals surface area contributed by atoms with Gasteiger partial charge >= 0.3 is 0 Å². The molecule has 0 N–H and O–H groups in total. The molecular formula is C4H5ClN2. The highest BCUT2D eigenvalue weighted by molar-refractivity contribution is 6.28. The third-order valence-corrected chi connectivity index (χ3v) is 0.821. The summed E-state index contributed by atoms with van der Waals surface area (Å²) in [6.45, 7) is 1.70. The fourth-order valence-electron chi connectivity index (χ4n) is 0.115. The van der Waals surface area contributed by atoms with Crippen molar-refractivity contribution in [1.29, 1.82) is 5.26 Å².